The van der Waals surface area contributed by atoms with Gasteiger partial charge in [-0.25, -0.2) is 0 Å². The minimum atomic E-state index is -2.73. The summed E-state index contributed by atoms with van der Waals surface area (Å²) >= 11 is 6.08. The summed E-state index contributed by atoms with van der Waals surface area (Å²) in [6.07, 6.45) is 1.68. The summed E-state index contributed by atoms with van der Waals surface area (Å²) in [5.74, 6) is 0.531. The van der Waals surface area contributed by atoms with Gasteiger partial charge in [-0.1, -0.05) is 51.4 Å². The van der Waals surface area contributed by atoms with Crippen LogP contribution in [0.2, 0.25) is 5.02 Å². The van der Waals surface area contributed by atoms with Gasteiger partial charge in [0.1, 0.15) is 5.75 Å². The molecular weight excluding hydrogens is 267 g/mol. The van der Waals surface area contributed by atoms with Crippen molar-refractivity contribution in [2.45, 2.75) is 51.9 Å². The maximum absolute atomic E-state index is 13.1. The highest BCUT2D eigenvalue weighted by Gasteiger charge is 2.36. The first-order chi connectivity index (χ1) is 8.45. The Morgan fingerprint density at radius 3 is 2.11 bits per heavy atom. The van der Waals surface area contributed by atoms with E-state index >= 15 is 0 Å². The normalized spacial score (nSPS) is 17.8. The first-order valence-electron chi connectivity index (χ1n) is 6.49. The Labute approximate surface area is 115 Å². The van der Waals surface area contributed by atoms with Crippen molar-refractivity contribution in [2.24, 2.45) is 0 Å². The second-order valence-electron chi connectivity index (χ2n) is 4.68. The standard InChI is InChI=1S/C14H22ClO2P/c1-5-11(3)18(16,12(4)6-2)17-14-10-8-7-9-13(14)15/h7-12H,5-6H2,1-4H3. The number of benzene rings is 1. The molecule has 0 aliphatic heterocycles. The second-order valence-corrected chi connectivity index (χ2v) is 8.32. The molecular formula is C14H22ClO2P. The van der Waals surface area contributed by atoms with Crippen LogP contribution in [0.25, 0.3) is 0 Å². The quantitative estimate of drug-likeness (QED) is 0.637. The molecule has 0 aromatic heterocycles. The molecule has 102 valence electrons. The fourth-order valence-corrected chi connectivity index (χ4v) is 4.74. The molecule has 2 atom stereocenters. The van der Waals surface area contributed by atoms with Gasteiger partial charge in [-0.15, -0.1) is 0 Å². The molecule has 0 radical (unpaired) electrons. The van der Waals surface area contributed by atoms with Crippen molar-refractivity contribution in [2.75, 3.05) is 0 Å². The van der Waals surface area contributed by atoms with Gasteiger partial charge in [0.2, 0.25) is 0 Å². The Morgan fingerprint density at radius 1 is 1.17 bits per heavy atom. The molecule has 0 saturated heterocycles. The average molecular weight is 289 g/mol. The van der Waals surface area contributed by atoms with Crippen molar-refractivity contribution in [3.63, 3.8) is 0 Å². The minimum absolute atomic E-state index is 0.0451. The van der Waals surface area contributed by atoms with Crippen LogP contribution in [0.5, 0.6) is 5.75 Å². The van der Waals surface area contributed by atoms with Crippen LogP contribution in [0.15, 0.2) is 24.3 Å². The van der Waals surface area contributed by atoms with Crippen molar-refractivity contribution in [1.82, 2.24) is 0 Å². The van der Waals surface area contributed by atoms with Gasteiger partial charge in [0.15, 0.2) is 0 Å². The summed E-state index contributed by atoms with van der Waals surface area (Å²) in [5.41, 5.74) is 0.0902. The molecule has 0 aliphatic rings. The molecule has 2 nitrogen and oxygen atoms in total. The summed E-state index contributed by atoms with van der Waals surface area (Å²) in [6.45, 7) is 8.05. The van der Waals surface area contributed by atoms with Crippen LogP contribution in [0.3, 0.4) is 0 Å². The smallest absolute Gasteiger partial charge is 0.253 e. The molecule has 1 aromatic rings. The minimum Gasteiger partial charge on any atom is -0.441 e. The number of hydrogen-bond acceptors (Lipinski definition) is 2. The van der Waals surface area contributed by atoms with Crippen LogP contribution in [-0.2, 0) is 4.57 Å². The van der Waals surface area contributed by atoms with E-state index < -0.39 is 7.37 Å². The zero-order valence-electron chi connectivity index (χ0n) is 11.5. The largest absolute Gasteiger partial charge is 0.441 e. The first kappa shape index (κ1) is 15.6. The van der Waals surface area contributed by atoms with Crippen LogP contribution in [-0.4, -0.2) is 11.3 Å². The van der Waals surface area contributed by atoms with E-state index in [2.05, 4.69) is 0 Å². The van der Waals surface area contributed by atoms with E-state index in [0.29, 0.717) is 10.8 Å². The summed E-state index contributed by atoms with van der Waals surface area (Å²) in [7, 11) is -2.73. The van der Waals surface area contributed by atoms with E-state index in [1.165, 1.54) is 0 Å². The molecule has 18 heavy (non-hydrogen) atoms. The van der Waals surface area contributed by atoms with Crippen LogP contribution in [0, 0.1) is 0 Å². The monoisotopic (exact) mass is 288 g/mol. The molecule has 4 heteroatoms. The maximum atomic E-state index is 13.1. The number of rotatable bonds is 6. The third-order valence-corrected chi connectivity index (χ3v) is 7.47. The molecule has 0 aliphatic carbocycles. The zero-order chi connectivity index (χ0) is 13.8. The fraction of sp³-hybridized carbons (Fsp3) is 0.571. The average Bonchev–Trinajstić information content (AvgIpc) is 2.39. The molecule has 0 spiro atoms. The summed E-state index contributed by atoms with van der Waals surface area (Å²) in [4.78, 5) is 0. The highest BCUT2D eigenvalue weighted by Crippen LogP contribution is 2.58. The van der Waals surface area contributed by atoms with E-state index in [9.17, 15) is 4.57 Å². The van der Waals surface area contributed by atoms with Gasteiger partial charge in [0.05, 0.1) is 5.02 Å². The van der Waals surface area contributed by atoms with Crippen molar-refractivity contribution >= 4 is 19.0 Å². The second kappa shape index (κ2) is 6.63. The van der Waals surface area contributed by atoms with Crippen LogP contribution < -0.4 is 4.52 Å². The Balaban J connectivity index is 3.07. The predicted molar refractivity (Wildman–Crippen MR) is 79.2 cm³/mol. The van der Waals surface area contributed by atoms with E-state index in [-0.39, 0.29) is 11.3 Å². The van der Waals surface area contributed by atoms with Crippen molar-refractivity contribution < 1.29 is 9.09 Å². The summed E-state index contributed by atoms with van der Waals surface area (Å²) < 4.78 is 19.0. The van der Waals surface area contributed by atoms with E-state index in [1.54, 1.807) is 12.1 Å². The fourth-order valence-electron chi connectivity index (χ4n) is 1.80. The highest BCUT2D eigenvalue weighted by atomic mass is 35.5. The van der Waals surface area contributed by atoms with Crippen LogP contribution in [0.4, 0.5) is 0 Å². The number of halogens is 1. The van der Waals surface area contributed by atoms with Crippen LogP contribution >= 0.6 is 19.0 Å². The molecule has 0 amide bonds. The van der Waals surface area contributed by atoms with Gasteiger partial charge in [-0.3, -0.25) is 4.57 Å². The van der Waals surface area contributed by atoms with Crippen LogP contribution in [0.1, 0.15) is 40.5 Å². The molecule has 2 unspecified atom stereocenters. The van der Waals surface area contributed by atoms with Gasteiger partial charge < -0.3 is 4.52 Å². The van der Waals surface area contributed by atoms with Gasteiger partial charge >= 0.3 is 0 Å². The molecule has 0 bridgehead atoms. The summed E-state index contributed by atoms with van der Waals surface area (Å²) in [6, 6.07) is 7.22. The van der Waals surface area contributed by atoms with E-state index in [0.717, 1.165) is 12.8 Å². The van der Waals surface area contributed by atoms with E-state index in [4.69, 9.17) is 16.1 Å². The van der Waals surface area contributed by atoms with Gasteiger partial charge in [-0.05, 0) is 25.0 Å². The Bertz CT molecular complexity index is 420. The lowest BCUT2D eigenvalue weighted by Gasteiger charge is -2.29. The molecule has 0 N–H and O–H groups in total. The molecule has 1 aromatic carbocycles. The lowest BCUT2D eigenvalue weighted by Crippen LogP contribution is -2.17. The Hall–Kier alpha value is -0.460. The van der Waals surface area contributed by atoms with Gasteiger partial charge in [-0.2, -0.15) is 0 Å². The maximum Gasteiger partial charge on any atom is 0.253 e. The zero-order valence-corrected chi connectivity index (χ0v) is 13.2. The highest BCUT2D eigenvalue weighted by molar-refractivity contribution is 7.60. The lowest BCUT2D eigenvalue weighted by atomic mass is 10.3. The lowest BCUT2D eigenvalue weighted by molar-refractivity contribution is 0.453. The SMILES string of the molecule is CCC(C)P(=O)(Oc1ccccc1Cl)C(C)CC. The Morgan fingerprint density at radius 2 is 1.67 bits per heavy atom. The number of para-hydroxylation sites is 1. The summed E-state index contributed by atoms with van der Waals surface area (Å²) in [5, 5.41) is 0.518. The number of hydrogen-bond donors (Lipinski definition) is 0. The topological polar surface area (TPSA) is 26.3 Å². The predicted octanol–water partition coefficient (Wildman–Crippen LogP) is 5.59. The van der Waals surface area contributed by atoms with E-state index in [1.807, 2.05) is 39.8 Å². The van der Waals surface area contributed by atoms with Gasteiger partial charge in [0, 0.05) is 11.3 Å². The third-order valence-electron chi connectivity index (χ3n) is 3.49. The molecule has 0 fully saturated rings. The van der Waals surface area contributed by atoms with Gasteiger partial charge in [0.25, 0.3) is 7.37 Å². The first-order valence-corrected chi connectivity index (χ1v) is 8.63. The molecule has 0 heterocycles. The Kier molecular flexibility index (Phi) is 5.75. The van der Waals surface area contributed by atoms with Crippen molar-refractivity contribution in [3.05, 3.63) is 29.3 Å². The van der Waals surface area contributed by atoms with Crippen molar-refractivity contribution in [1.29, 1.82) is 0 Å². The molecule has 1 rings (SSSR count). The third kappa shape index (κ3) is 3.30. The molecule has 0 saturated carbocycles. The van der Waals surface area contributed by atoms with Crippen molar-refractivity contribution in [3.8, 4) is 5.75 Å².